The molecular weight excluding hydrogens is 396 g/mol. The first kappa shape index (κ1) is 18.5. The van der Waals surface area contributed by atoms with E-state index in [-0.39, 0.29) is 12.4 Å². The molecule has 2 aromatic rings. The summed E-state index contributed by atoms with van der Waals surface area (Å²) < 4.78 is 11.5. The molecule has 0 unspecified atom stereocenters. The Kier molecular flexibility index (Phi) is 6.40. The number of benzene rings is 2. The Bertz CT molecular complexity index is 743. The van der Waals surface area contributed by atoms with Crippen LogP contribution in [0.4, 0.5) is 0 Å². The Labute approximate surface area is 153 Å². The molecule has 0 N–H and O–H groups in total. The van der Waals surface area contributed by atoms with Gasteiger partial charge in [-0.05, 0) is 49.7 Å². The Balaban J connectivity index is 1.89. The third-order valence-electron chi connectivity index (χ3n) is 3.28. The number of hydrogen-bond acceptors (Lipinski definition) is 4. The van der Waals surface area contributed by atoms with E-state index < -0.39 is 12.1 Å². The molecule has 2 aromatic carbocycles. The van der Waals surface area contributed by atoms with Crippen molar-refractivity contribution >= 4 is 39.3 Å². The van der Waals surface area contributed by atoms with E-state index in [1.54, 1.807) is 49.4 Å². The van der Waals surface area contributed by atoms with E-state index in [1.165, 1.54) is 0 Å². The molecule has 2 rings (SSSR count). The van der Waals surface area contributed by atoms with E-state index >= 15 is 0 Å². The quantitative estimate of drug-likeness (QED) is 0.515. The average molecular weight is 412 g/mol. The first-order chi connectivity index (χ1) is 11.4. The zero-order valence-electron chi connectivity index (χ0n) is 13.2. The van der Waals surface area contributed by atoms with Gasteiger partial charge in [0.05, 0.1) is 0 Å². The van der Waals surface area contributed by atoms with E-state index in [2.05, 4.69) is 15.9 Å². The lowest BCUT2D eigenvalue weighted by Gasteiger charge is -2.15. The molecule has 0 aliphatic rings. The number of aryl methyl sites for hydroxylation is 1. The van der Waals surface area contributed by atoms with Crippen LogP contribution in [0, 0.1) is 6.92 Å². The standard InChI is InChI=1S/C18H16BrClO4/c1-11-9-15(20)7-8-17(11)24-12(2)18(22)23-10-16(21)13-3-5-14(19)6-4-13/h3-9,12H,10H2,1-2H3/t12-/m1/s1. The lowest BCUT2D eigenvalue weighted by molar-refractivity contribution is -0.149. The normalized spacial score (nSPS) is 11.7. The molecule has 0 saturated carbocycles. The molecule has 0 aromatic heterocycles. The van der Waals surface area contributed by atoms with Crippen LogP contribution >= 0.6 is 27.5 Å². The third kappa shape index (κ3) is 5.08. The van der Waals surface area contributed by atoms with Crippen LogP contribution in [0.1, 0.15) is 22.8 Å². The minimum Gasteiger partial charge on any atom is -0.479 e. The maximum Gasteiger partial charge on any atom is 0.347 e. The van der Waals surface area contributed by atoms with Gasteiger partial charge in [0, 0.05) is 15.1 Å². The molecular formula is C18H16BrClO4. The highest BCUT2D eigenvalue weighted by Gasteiger charge is 2.19. The zero-order chi connectivity index (χ0) is 17.7. The lowest BCUT2D eigenvalue weighted by Crippen LogP contribution is -2.28. The van der Waals surface area contributed by atoms with Crippen molar-refractivity contribution in [1.82, 2.24) is 0 Å². The molecule has 0 bridgehead atoms. The van der Waals surface area contributed by atoms with Crippen LogP contribution in [0.25, 0.3) is 0 Å². The van der Waals surface area contributed by atoms with Crippen molar-refractivity contribution in [2.24, 2.45) is 0 Å². The van der Waals surface area contributed by atoms with Crippen molar-refractivity contribution < 1.29 is 19.1 Å². The predicted molar refractivity (Wildman–Crippen MR) is 95.7 cm³/mol. The molecule has 0 radical (unpaired) electrons. The van der Waals surface area contributed by atoms with Gasteiger partial charge in [0.1, 0.15) is 5.75 Å². The second kappa shape index (κ2) is 8.31. The van der Waals surface area contributed by atoms with Crippen molar-refractivity contribution in [3.63, 3.8) is 0 Å². The largest absolute Gasteiger partial charge is 0.479 e. The topological polar surface area (TPSA) is 52.6 Å². The summed E-state index contributed by atoms with van der Waals surface area (Å²) in [5, 5.41) is 0.593. The van der Waals surface area contributed by atoms with Gasteiger partial charge in [-0.15, -0.1) is 0 Å². The number of rotatable bonds is 6. The van der Waals surface area contributed by atoms with Crippen molar-refractivity contribution in [3.8, 4) is 5.75 Å². The second-order valence-corrected chi connectivity index (χ2v) is 6.56. The van der Waals surface area contributed by atoms with Gasteiger partial charge in [0.15, 0.2) is 18.5 Å². The van der Waals surface area contributed by atoms with Crippen LogP contribution in [0.15, 0.2) is 46.9 Å². The van der Waals surface area contributed by atoms with E-state index in [9.17, 15) is 9.59 Å². The van der Waals surface area contributed by atoms with Gasteiger partial charge in [0.25, 0.3) is 0 Å². The minimum atomic E-state index is -0.831. The van der Waals surface area contributed by atoms with Crippen molar-refractivity contribution in [2.45, 2.75) is 20.0 Å². The molecule has 1 atom stereocenters. The fraction of sp³-hybridized carbons (Fsp3) is 0.222. The molecule has 0 fully saturated rings. The summed E-state index contributed by atoms with van der Waals surface area (Å²) in [6, 6.07) is 11.9. The maximum absolute atomic E-state index is 12.0. The van der Waals surface area contributed by atoms with Crippen molar-refractivity contribution in [1.29, 1.82) is 0 Å². The molecule has 0 saturated heterocycles. The highest BCUT2D eigenvalue weighted by Crippen LogP contribution is 2.23. The van der Waals surface area contributed by atoms with Crippen LogP contribution in [-0.2, 0) is 9.53 Å². The fourth-order valence-corrected chi connectivity index (χ4v) is 2.45. The van der Waals surface area contributed by atoms with Crippen molar-refractivity contribution in [2.75, 3.05) is 6.61 Å². The molecule has 0 amide bonds. The highest BCUT2D eigenvalue weighted by atomic mass is 79.9. The molecule has 126 valence electrons. The van der Waals surface area contributed by atoms with E-state index in [4.69, 9.17) is 21.1 Å². The highest BCUT2D eigenvalue weighted by molar-refractivity contribution is 9.10. The Morgan fingerprint density at radius 3 is 2.46 bits per heavy atom. The number of esters is 1. The Morgan fingerprint density at radius 1 is 1.17 bits per heavy atom. The molecule has 4 nitrogen and oxygen atoms in total. The van der Waals surface area contributed by atoms with E-state index in [0.717, 1.165) is 10.0 Å². The number of ether oxygens (including phenoxy) is 2. The summed E-state index contributed by atoms with van der Waals surface area (Å²) in [7, 11) is 0. The second-order valence-electron chi connectivity index (χ2n) is 5.21. The molecule has 0 spiro atoms. The van der Waals surface area contributed by atoms with Gasteiger partial charge in [-0.2, -0.15) is 0 Å². The number of ketones is 1. The van der Waals surface area contributed by atoms with Gasteiger partial charge in [-0.3, -0.25) is 4.79 Å². The predicted octanol–water partition coefficient (Wildman–Crippen LogP) is 4.60. The summed E-state index contributed by atoms with van der Waals surface area (Å²) in [5.41, 5.74) is 1.29. The van der Waals surface area contributed by atoms with Crippen LogP contribution in [0.5, 0.6) is 5.75 Å². The molecule has 0 heterocycles. The third-order valence-corrected chi connectivity index (χ3v) is 4.05. The first-order valence-electron chi connectivity index (χ1n) is 7.25. The summed E-state index contributed by atoms with van der Waals surface area (Å²) >= 11 is 9.18. The number of hydrogen-bond donors (Lipinski definition) is 0. The fourth-order valence-electron chi connectivity index (χ4n) is 1.96. The minimum absolute atomic E-state index is 0.272. The van der Waals surface area contributed by atoms with Crippen LogP contribution in [0.2, 0.25) is 5.02 Å². The van der Waals surface area contributed by atoms with Crippen LogP contribution < -0.4 is 4.74 Å². The van der Waals surface area contributed by atoms with Gasteiger partial charge in [-0.1, -0.05) is 39.7 Å². The number of Topliss-reactive ketones (excluding diaryl/α,β-unsaturated/α-hetero) is 1. The smallest absolute Gasteiger partial charge is 0.347 e. The summed E-state index contributed by atoms with van der Waals surface area (Å²) in [6.07, 6.45) is -0.831. The molecule has 0 aliphatic heterocycles. The van der Waals surface area contributed by atoms with Crippen LogP contribution in [0.3, 0.4) is 0 Å². The van der Waals surface area contributed by atoms with Gasteiger partial charge >= 0.3 is 5.97 Å². The van der Waals surface area contributed by atoms with E-state index in [1.807, 2.05) is 6.92 Å². The average Bonchev–Trinajstić information content (AvgIpc) is 2.55. The Hall–Kier alpha value is -1.85. The summed E-state index contributed by atoms with van der Waals surface area (Å²) in [4.78, 5) is 24.0. The number of carbonyl (C=O) groups excluding carboxylic acids is 2. The van der Waals surface area contributed by atoms with E-state index in [0.29, 0.717) is 16.3 Å². The summed E-state index contributed by atoms with van der Waals surface area (Å²) in [5.74, 6) is -0.330. The molecule has 6 heteroatoms. The number of carbonyl (C=O) groups is 2. The van der Waals surface area contributed by atoms with Crippen LogP contribution in [-0.4, -0.2) is 24.5 Å². The first-order valence-corrected chi connectivity index (χ1v) is 8.42. The number of halogens is 2. The summed E-state index contributed by atoms with van der Waals surface area (Å²) in [6.45, 7) is 3.07. The lowest BCUT2D eigenvalue weighted by atomic mass is 10.1. The molecule has 24 heavy (non-hydrogen) atoms. The monoisotopic (exact) mass is 410 g/mol. The maximum atomic E-state index is 12.0. The Morgan fingerprint density at radius 2 is 1.83 bits per heavy atom. The van der Waals surface area contributed by atoms with Gasteiger partial charge in [-0.25, -0.2) is 4.79 Å². The van der Waals surface area contributed by atoms with Gasteiger partial charge < -0.3 is 9.47 Å². The molecule has 0 aliphatic carbocycles. The SMILES string of the molecule is Cc1cc(Cl)ccc1O[C@H](C)C(=O)OCC(=O)c1ccc(Br)cc1. The van der Waals surface area contributed by atoms with Crippen molar-refractivity contribution in [3.05, 3.63) is 63.1 Å². The zero-order valence-corrected chi connectivity index (χ0v) is 15.6. The van der Waals surface area contributed by atoms with Gasteiger partial charge in [0.2, 0.25) is 0 Å².